The van der Waals surface area contributed by atoms with E-state index >= 15 is 0 Å². The third kappa shape index (κ3) is 10.8. The molecule has 0 spiro atoms. The van der Waals surface area contributed by atoms with Crippen LogP contribution in [0.1, 0.15) is 32.6 Å². The number of rotatable bonds is 13. The summed E-state index contributed by atoms with van der Waals surface area (Å²) in [5.74, 6) is -2.34. The van der Waals surface area contributed by atoms with Crippen molar-refractivity contribution in [1.29, 1.82) is 0 Å². The number of unbranched alkanes of at least 4 members (excludes halogenated alkanes) is 1. The smallest absolute Gasteiger partial charge is 0.322 e. The average Bonchev–Trinajstić information content (AvgIpc) is 2.52. The van der Waals surface area contributed by atoms with Crippen LogP contribution in [0.25, 0.3) is 0 Å². The predicted octanol–water partition coefficient (Wildman–Crippen LogP) is -0.603. The number of hydrogen-bond acceptors (Lipinski definition) is 6. The summed E-state index contributed by atoms with van der Waals surface area (Å²) in [6.07, 6.45) is 1.79. The summed E-state index contributed by atoms with van der Waals surface area (Å²) in [5.41, 5.74) is 5.32. The molecule has 0 unspecified atom stereocenters. The Morgan fingerprint density at radius 3 is 2.42 bits per heavy atom. The van der Waals surface area contributed by atoms with Gasteiger partial charge in [-0.15, -0.1) is 0 Å². The van der Waals surface area contributed by atoms with E-state index in [4.69, 9.17) is 15.9 Å². The number of carboxylic acid groups (broad SMARTS) is 2. The molecule has 0 aromatic heterocycles. The van der Waals surface area contributed by atoms with Crippen molar-refractivity contribution in [3.63, 3.8) is 0 Å². The fourth-order valence-corrected chi connectivity index (χ4v) is 2.72. The topological polar surface area (TPSA) is 159 Å². The van der Waals surface area contributed by atoms with E-state index in [1.807, 2.05) is 6.92 Å². The Balaban J connectivity index is 4.49. The van der Waals surface area contributed by atoms with Gasteiger partial charge in [-0.2, -0.15) is 11.8 Å². The highest BCUT2D eigenvalue weighted by atomic mass is 32.2. The molecule has 138 valence electrons. The Morgan fingerprint density at radius 2 is 1.88 bits per heavy atom. The van der Waals surface area contributed by atoms with E-state index in [1.165, 1.54) is 11.8 Å². The molecule has 0 saturated carbocycles. The van der Waals surface area contributed by atoms with Gasteiger partial charge in [-0.1, -0.05) is 13.3 Å². The maximum Gasteiger partial charge on any atom is 0.322 e. The lowest BCUT2D eigenvalue weighted by molar-refractivity contribution is -0.139. The normalized spacial score (nSPS) is 12.9. The second kappa shape index (κ2) is 12.6. The van der Waals surface area contributed by atoms with Crippen LogP contribution in [0, 0.1) is 0 Å². The van der Waals surface area contributed by atoms with E-state index in [1.54, 1.807) is 0 Å². The number of carbonyl (C=O) groups excluding carboxylic acids is 2. The molecule has 0 saturated heterocycles. The van der Waals surface area contributed by atoms with Crippen LogP contribution in [0.3, 0.4) is 0 Å². The fraction of sp³-hybridized carbons (Fsp3) is 0.714. The minimum absolute atomic E-state index is 0.0480. The molecule has 0 aliphatic heterocycles. The third-order valence-corrected chi connectivity index (χ3v) is 4.14. The Bertz CT molecular complexity index is 446. The molecular weight excluding hydrogens is 338 g/mol. The van der Waals surface area contributed by atoms with E-state index in [0.717, 1.165) is 18.6 Å². The van der Waals surface area contributed by atoms with Gasteiger partial charge in [0.1, 0.15) is 18.6 Å². The van der Waals surface area contributed by atoms with E-state index in [0.29, 0.717) is 5.75 Å². The van der Waals surface area contributed by atoms with E-state index in [-0.39, 0.29) is 12.8 Å². The SMILES string of the molecule is CCCCSC[C@@H](NC(=O)CC[C@@H](N)C(=O)O)C(=O)NCC(=O)O. The fourth-order valence-electron chi connectivity index (χ4n) is 1.59. The molecule has 10 heteroatoms. The van der Waals surface area contributed by atoms with Crippen LogP contribution in [0.5, 0.6) is 0 Å². The van der Waals surface area contributed by atoms with Crippen LogP contribution in [0.4, 0.5) is 0 Å². The van der Waals surface area contributed by atoms with Crippen molar-refractivity contribution < 1.29 is 29.4 Å². The van der Waals surface area contributed by atoms with Crippen LogP contribution >= 0.6 is 11.8 Å². The first kappa shape index (κ1) is 22.2. The predicted molar refractivity (Wildman–Crippen MR) is 89.7 cm³/mol. The number of amides is 2. The Labute approximate surface area is 144 Å². The Kier molecular flexibility index (Phi) is 11.6. The number of thioether (sulfide) groups is 1. The van der Waals surface area contributed by atoms with Gasteiger partial charge < -0.3 is 26.6 Å². The summed E-state index contributed by atoms with van der Waals surface area (Å²) in [4.78, 5) is 44.9. The summed E-state index contributed by atoms with van der Waals surface area (Å²) in [7, 11) is 0. The summed E-state index contributed by atoms with van der Waals surface area (Å²) in [6, 6.07) is -2.02. The number of carbonyl (C=O) groups is 4. The Morgan fingerprint density at radius 1 is 1.21 bits per heavy atom. The van der Waals surface area contributed by atoms with Crippen molar-refractivity contribution in [2.75, 3.05) is 18.1 Å². The van der Waals surface area contributed by atoms with Gasteiger partial charge in [0.2, 0.25) is 11.8 Å². The number of nitrogens with two attached hydrogens (primary N) is 1. The van der Waals surface area contributed by atoms with E-state index in [9.17, 15) is 19.2 Å². The lowest BCUT2D eigenvalue weighted by atomic mass is 10.1. The molecule has 0 aromatic carbocycles. The molecule has 2 amide bonds. The van der Waals surface area contributed by atoms with E-state index in [2.05, 4.69) is 10.6 Å². The van der Waals surface area contributed by atoms with Crippen LogP contribution in [0.15, 0.2) is 0 Å². The third-order valence-electron chi connectivity index (χ3n) is 2.99. The van der Waals surface area contributed by atoms with Gasteiger partial charge in [0.25, 0.3) is 0 Å². The molecule has 0 bridgehead atoms. The molecule has 24 heavy (non-hydrogen) atoms. The van der Waals surface area contributed by atoms with Crippen molar-refractivity contribution in [3.8, 4) is 0 Å². The lowest BCUT2D eigenvalue weighted by Crippen LogP contribution is -2.49. The van der Waals surface area contributed by atoms with Crippen molar-refractivity contribution in [2.24, 2.45) is 5.73 Å². The largest absolute Gasteiger partial charge is 0.480 e. The molecular formula is C14H25N3O6S. The maximum absolute atomic E-state index is 12.0. The summed E-state index contributed by atoms with van der Waals surface area (Å²) < 4.78 is 0. The first-order valence-electron chi connectivity index (χ1n) is 7.62. The van der Waals surface area contributed by atoms with Gasteiger partial charge in [-0.25, -0.2) is 0 Å². The zero-order valence-electron chi connectivity index (χ0n) is 13.6. The van der Waals surface area contributed by atoms with Gasteiger partial charge >= 0.3 is 11.9 Å². The maximum atomic E-state index is 12.0. The molecule has 0 radical (unpaired) electrons. The first-order chi connectivity index (χ1) is 11.3. The first-order valence-corrected chi connectivity index (χ1v) is 8.78. The second-order valence-corrected chi connectivity index (χ2v) is 6.29. The van der Waals surface area contributed by atoms with Gasteiger partial charge in [0, 0.05) is 12.2 Å². The van der Waals surface area contributed by atoms with Crippen LogP contribution in [0.2, 0.25) is 0 Å². The average molecular weight is 363 g/mol. The summed E-state index contributed by atoms with van der Waals surface area (Å²) in [5, 5.41) is 22.0. The number of nitrogens with one attached hydrogen (secondary N) is 2. The molecule has 6 N–H and O–H groups in total. The molecule has 0 aromatic rings. The molecule has 9 nitrogen and oxygen atoms in total. The molecule has 0 aliphatic carbocycles. The minimum Gasteiger partial charge on any atom is -0.480 e. The summed E-state index contributed by atoms with van der Waals surface area (Å²) in [6.45, 7) is 1.50. The van der Waals surface area contributed by atoms with Gasteiger partial charge in [-0.3, -0.25) is 19.2 Å². The quantitative estimate of drug-likeness (QED) is 0.271. The van der Waals surface area contributed by atoms with Crippen molar-refractivity contribution in [2.45, 2.75) is 44.7 Å². The highest BCUT2D eigenvalue weighted by Gasteiger charge is 2.22. The zero-order chi connectivity index (χ0) is 18.5. The van der Waals surface area contributed by atoms with Crippen LogP contribution in [-0.4, -0.2) is 64.1 Å². The lowest BCUT2D eigenvalue weighted by Gasteiger charge is -2.18. The van der Waals surface area contributed by atoms with Crippen molar-refractivity contribution >= 4 is 35.5 Å². The molecule has 0 heterocycles. The number of aliphatic carboxylic acids is 2. The van der Waals surface area contributed by atoms with Crippen LogP contribution in [-0.2, 0) is 19.2 Å². The van der Waals surface area contributed by atoms with Gasteiger partial charge in [0.15, 0.2) is 0 Å². The highest BCUT2D eigenvalue weighted by molar-refractivity contribution is 7.99. The van der Waals surface area contributed by atoms with Gasteiger partial charge in [0.05, 0.1) is 0 Å². The van der Waals surface area contributed by atoms with Gasteiger partial charge in [-0.05, 0) is 18.6 Å². The second-order valence-electron chi connectivity index (χ2n) is 5.14. The molecule has 0 rings (SSSR count). The zero-order valence-corrected chi connectivity index (χ0v) is 14.4. The number of carboxylic acids is 2. The van der Waals surface area contributed by atoms with E-state index < -0.39 is 42.4 Å². The van der Waals surface area contributed by atoms with Crippen molar-refractivity contribution in [3.05, 3.63) is 0 Å². The molecule has 0 fully saturated rings. The highest BCUT2D eigenvalue weighted by Crippen LogP contribution is 2.07. The Hall–Kier alpha value is -1.81. The number of hydrogen-bond donors (Lipinski definition) is 5. The van der Waals surface area contributed by atoms with Crippen molar-refractivity contribution in [1.82, 2.24) is 10.6 Å². The minimum atomic E-state index is -1.20. The van der Waals surface area contributed by atoms with Crippen LogP contribution < -0.4 is 16.4 Å². The molecule has 0 aliphatic rings. The summed E-state index contributed by atoms with van der Waals surface area (Å²) >= 11 is 1.48. The standard InChI is InChI=1S/C14H25N3O6S/c1-2-3-6-24-8-10(13(21)16-7-12(19)20)17-11(18)5-4-9(15)14(22)23/h9-10H,2-8,15H2,1H3,(H,16,21)(H,17,18)(H,19,20)(H,22,23)/t9-,10-/m1/s1. The molecule has 2 atom stereocenters. The monoisotopic (exact) mass is 363 g/mol.